The monoisotopic (exact) mass is 458 g/mol. The standard InChI is InChI=1S/C21H19ClN4O4S/c1-13-4-5-14(11-16(13)22)26-19(28)15(18(27)23-21(26)31)12-24-6-8-25(9-7-24)20(29)17-3-2-10-30-17/h2-5,10-12H,6-9H2,1H3,(H,23,27,31)/b15-12+. The van der Waals surface area contributed by atoms with Crippen molar-refractivity contribution >= 4 is 52.3 Å². The van der Waals surface area contributed by atoms with Crippen LogP contribution in [0.5, 0.6) is 0 Å². The quantitative estimate of drug-likeness (QED) is 0.431. The van der Waals surface area contributed by atoms with Crippen LogP contribution < -0.4 is 10.2 Å². The summed E-state index contributed by atoms with van der Waals surface area (Å²) in [6.45, 7) is 3.67. The first-order valence-electron chi connectivity index (χ1n) is 9.59. The molecule has 2 aliphatic rings. The number of rotatable bonds is 3. The Bertz CT molecular complexity index is 1090. The molecule has 0 saturated carbocycles. The van der Waals surface area contributed by atoms with Gasteiger partial charge in [0.05, 0.1) is 12.0 Å². The Morgan fingerprint density at radius 1 is 1.19 bits per heavy atom. The van der Waals surface area contributed by atoms with Crippen LogP contribution in [0.25, 0.3) is 0 Å². The second-order valence-electron chi connectivity index (χ2n) is 7.18. The molecule has 160 valence electrons. The number of hydrogen-bond donors (Lipinski definition) is 1. The van der Waals surface area contributed by atoms with Crippen LogP contribution in [0.3, 0.4) is 0 Å². The van der Waals surface area contributed by atoms with Gasteiger partial charge < -0.3 is 14.2 Å². The predicted molar refractivity (Wildman–Crippen MR) is 119 cm³/mol. The first kappa shape index (κ1) is 21.1. The molecule has 0 atom stereocenters. The molecule has 0 spiro atoms. The Morgan fingerprint density at radius 2 is 1.94 bits per heavy atom. The maximum Gasteiger partial charge on any atom is 0.289 e. The zero-order valence-electron chi connectivity index (χ0n) is 16.6. The van der Waals surface area contributed by atoms with Crippen molar-refractivity contribution in [2.45, 2.75) is 6.92 Å². The van der Waals surface area contributed by atoms with E-state index in [-0.39, 0.29) is 22.4 Å². The fourth-order valence-electron chi connectivity index (χ4n) is 3.39. The summed E-state index contributed by atoms with van der Waals surface area (Å²) in [7, 11) is 0. The molecule has 3 heterocycles. The van der Waals surface area contributed by atoms with Gasteiger partial charge in [-0.15, -0.1) is 0 Å². The number of nitrogens with zero attached hydrogens (tertiary/aromatic N) is 3. The number of piperazine rings is 1. The largest absolute Gasteiger partial charge is 0.459 e. The highest BCUT2D eigenvalue weighted by Gasteiger charge is 2.35. The molecule has 2 aromatic rings. The third-order valence-corrected chi connectivity index (χ3v) is 5.85. The van der Waals surface area contributed by atoms with E-state index in [2.05, 4.69) is 5.32 Å². The molecule has 0 aliphatic carbocycles. The van der Waals surface area contributed by atoms with Gasteiger partial charge in [-0.1, -0.05) is 17.7 Å². The number of amides is 3. The van der Waals surface area contributed by atoms with Crippen molar-refractivity contribution in [2.24, 2.45) is 0 Å². The summed E-state index contributed by atoms with van der Waals surface area (Å²) in [4.78, 5) is 42.7. The molecule has 8 nitrogen and oxygen atoms in total. The molecule has 1 aromatic carbocycles. The van der Waals surface area contributed by atoms with E-state index in [1.165, 1.54) is 17.4 Å². The lowest BCUT2D eigenvalue weighted by Crippen LogP contribution is -2.55. The summed E-state index contributed by atoms with van der Waals surface area (Å²) in [6, 6.07) is 8.42. The van der Waals surface area contributed by atoms with Gasteiger partial charge in [-0.25, -0.2) is 0 Å². The highest BCUT2D eigenvalue weighted by Crippen LogP contribution is 2.26. The Labute approximate surface area is 189 Å². The molecule has 1 aromatic heterocycles. The van der Waals surface area contributed by atoms with Crippen LogP contribution in [0.2, 0.25) is 5.02 Å². The number of aryl methyl sites for hydroxylation is 1. The van der Waals surface area contributed by atoms with Gasteiger partial charge >= 0.3 is 0 Å². The minimum absolute atomic E-state index is 0.000864. The molecule has 1 N–H and O–H groups in total. The van der Waals surface area contributed by atoms with Crippen molar-refractivity contribution in [3.8, 4) is 0 Å². The molecular formula is C21H19ClN4O4S. The number of halogens is 1. The predicted octanol–water partition coefficient (Wildman–Crippen LogP) is 2.33. The minimum atomic E-state index is -0.557. The highest BCUT2D eigenvalue weighted by molar-refractivity contribution is 7.80. The normalized spacial score (nSPS) is 18.6. The molecule has 2 fully saturated rings. The minimum Gasteiger partial charge on any atom is -0.459 e. The zero-order chi connectivity index (χ0) is 22.1. The molecule has 0 unspecified atom stereocenters. The van der Waals surface area contributed by atoms with Crippen molar-refractivity contribution in [3.05, 3.63) is 64.7 Å². The Hall–Kier alpha value is -3.17. The van der Waals surface area contributed by atoms with Crippen molar-refractivity contribution in [1.82, 2.24) is 15.1 Å². The van der Waals surface area contributed by atoms with Crippen LogP contribution in [0.1, 0.15) is 16.1 Å². The molecule has 10 heteroatoms. The summed E-state index contributed by atoms with van der Waals surface area (Å²) in [5.41, 5.74) is 1.31. The maximum atomic E-state index is 13.1. The third-order valence-electron chi connectivity index (χ3n) is 5.16. The number of benzene rings is 1. The Balaban J connectivity index is 1.50. The lowest BCUT2D eigenvalue weighted by molar-refractivity contribution is -0.122. The molecule has 3 amide bonds. The fourth-order valence-corrected chi connectivity index (χ4v) is 3.85. The summed E-state index contributed by atoms with van der Waals surface area (Å²) in [5.74, 6) is -0.979. The van der Waals surface area contributed by atoms with Gasteiger partial charge in [0.1, 0.15) is 5.57 Å². The lowest BCUT2D eigenvalue weighted by Gasteiger charge is -2.35. The average Bonchev–Trinajstić information content (AvgIpc) is 3.28. The van der Waals surface area contributed by atoms with Gasteiger partial charge in [0.2, 0.25) is 0 Å². The second-order valence-corrected chi connectivity index (χ2v) is 7.98. The summed E-state index contributed by atoms with van der Waals surface area (Å²) in [6.07, 6.45) is 2.98. The summed E-state index contributed by atoms with van der Waals surface area (Å²) >= 11 is 11.4. The van der Waals surface area contributed by atoms with E-state index in [1.54, 1.807) is 35.2 Å². The van der Waals surface area contributed by atoms with Gasteiger partial charge in [-0.2, -0.15) is 0 Å². The van der Waals surface area contributed by atoms with Crippen molar-refractivity contribution in [3.63, 3.8) is 0 Å². The molecule has 2 saturated heterocycles. The second kappa shape index (κ2) is 8.52. The molecule has 0 radical (unpaired) electrons. The topological polar surface area (TPSA) is 86.1 Å². The van der Waals surface area contributed by atoms with Crippen LogP contribution in [-0.4, -0.2) is 58.8 Å². The Morgan fingerprint density at radius 3 is 2.58 bits per heavy atom. The summed E-state index contributed by atoms with van der Waals surface area (Å²) < 4.78 is 5.16. The van der Waals surface area contributed by atoms with Gasteiger partial charge in [-0.3, -0.25) is 24.6 Å². The van der Waals surface area contributed by atoms with Crippen LogP contribution in [0, 0.1) is 6.92 Å². The fraction of sp³-hybridized carbons (Fsp3) is 0.238. The van der Waals surface area contributed by atoms with E-state index in [1.807, 2.05) is 11.8 Å². The van der Waals surface area contributed by atoms with E-state index in [0.717, 1.165) is 5.56 Å². The SMILES string of the molecule is Cc1ccc(N2C(=O)/C(=C/N3CCN(C(=O)c4ccco4)CC3)C(=O)NC2=S)cc1Cl. The first-order valence-corrected chi connectivity index (χ1v) is 10.4. The van der Waals surface area contributed by atoms with Gasteiger partial charge in [-0.05, 0) is 49.0 Å². The molecular weight excluding hydrogens is 440 g/mol. The van der Waals surface area contributed by atoms with Gasteiger partial charge in [0, 0.05) is 37.4 Å². The van der Waals surface area contributed by atoms with E-state index in [9.17, 15) is 14.4 Å². The number of carbonyl (C=O) groups is 3. The van der Waals surface area contributed by atoms with Crippen LogP contribution >= 0.6 is 23.8 Å². The molecule has 31 heavy (non-hydrogen) atoms. The smallest absolute Gasteiger partial charge is 0.289 e. The van der Waals surface area contributed by atoms with Crippen LogP contribution in [-0.2, 0) is 9.59 Å². The van der Waals surface area contributed by atoms with E-state index >= 15 is 0 Å². The van der Waals surface area contributed by atoms with Crippen molar-refractivity contribution in [2.75, 3.05) is 31.1 Å². The number of hydrogen-bond acceptors (Lipinski definition) is 6. The Kier molecular flexibility index (Phi) is 5.79. The number of carbonyl (C=O) groups excluding carboxylic acids is 3. The van der Waals surface area contributed by atoms with Gasteiger partial charge in [0.15, 0.2) is 10.9 Å². The zero-order valence-corrected chi connectivity index (χ0v) is 18.2. The van der Waals surface area contributed by atoms with E-state index in [0.29, 0.717) is 36.9 Å². The third kappa shape index (κ3) is 4.19. The van der Waals surface area contributed by atoms with Crippen LogP contribution in [0.4, 0.5) is 5.69 Å². The van der Waals surface area contributed by atoms with E-state index in [4.69, 9.17) is 28.2 Å². The number of nitrogens with one attached hydrogen (secondary N) is 1. The molecule has 0 bridgehead atoms. The van der Waals surface area contributed by atoms with E-state index < -0.39 is 11.8 Å². The first-order chi connectivity index (χ1) is 14.8. The van der Waals surface area contributed by atoms with Gasteiger partial charge in [0.25, 0.3) is 17.7 Å². The highest BCUT2D eigenvalue weighted by atomic mass is 35.5. The van der Waals surface area contributed by atoms with Crippen LogP contribution in [0.15, 0.2) is 52.8 Å². The molecule has 4 rings (SSSR count). The summed E-state index contributed by atoms with van der Waals surface area (Å²) in [5, 5.41) is 3.05. The number of thiocarbonyl (C=S) groups is 1. The average molecular weight is 459 g/mol. The molecule has 2 aliphatic heterocycles. The lowest BCUT2D eigenvalue weighted by atomic mass is 10.1. The number of furan rings is 1. The number of anilines is 1. The van der Waals surface area contributed by atoms with Crippen molar-refractivity contribution in [1.29, 1.82) is 0 Å². The maximum absolute atomic E-state index is 13.1. The van der Waals surface area contributed by atoms with Crippen molar-refractivity contribution < 1.29 is 18.8 Å².